The number of hydrogen-bond acceptors (Lipinski definition) is 1. The third-order valence-corrected chi connectivity index (χ3v) is 61.2. The van der Waals surface area contributed by atoms with Gasteiger partial charge in [0.1, 0.15) is 0 Å². The van der Waals surface area contributed by atoms with E-state index in [2.05, 4.69) is 25.9 Å². The van der Waals surface area contributed by atoms with Gasteiger partial charge in [0.2, 0.25) is 0 Å². The normalized spacial score (nSPS) is 131. The topological polar surface area (TPSA) is 3.24 Å². The molecule has 10 aliphatic heterocycles. The summed E-state index contributed by atoms with van der Waals surface area (Å²) in [5.41, 5.74) is 0. The Morgan fingerprint density at radius 2 is 1.44 bits per heavy atom. The third kappa shape index (κ3) is 0.0491. The Morgan fingerprint density at radius 3 is 1.62 bits per heavy atom. The summed E-state index contributed by atoms with van der Waals surface area (Å²) in [5.74, 6) is 0. The molecule has 0 amide bonds. The van der Waals surface area contributed by atoms with E-state index in [1.54, 1.807) is 6.54 Å². The molecule has 0 aromatic heterocycles. The number of nitrogens with zero attached hydrogens (tertiary/aromatic N) is 1. The molecule has 2 heteroatoms. The Hall–Kier alpha value is 0.479. The van der Waals surface area contributed by atoms with Crippen LogP contribution in [0.2, 0.25) is 47.2 Å². The summed E-state index contributed by atoms with van der Waals surface area (Å²) >= 11 is 0. The molecule has 10 aliphatic rings. The summed E-state index contributed by atoms with van der Waals surface area (Å²) in [4.78, 5) is 14.4. The van der Waals surface area contributed by atoms with Gasteiger partial charge in [-0.25, -0.2) is 0 Å². The zero-order chi connectivity index (χ0) is 10.2. The molecule has 0 aromatic carbocycles. The van der Waals surface area contributed by atoms with Gasteiger partial charge in [-0.15, -0.1) is 0 Å². The molecule has 10 saturated heterocycles. The second-order valence-electron chi connectivity index (χ2n) is 11.5. The van der Waals surface area contributed by atoms with Crippen molar-refractivity contribution in [1.82, 2.24) is 4.90 Å². The van der Waals surface area contributed by atoms with Crippen LogP contribution in [0.1, 0.15) is 6.92 Å². The van der Waals surface area contributed by atoms with Crippen LogP contribution in [0.15, 0.2) is 0 Å². The van der Waals surface area contributed by atoms with Crippen LogP contribution in [-0.2, 0) is 6.51 Å². The maximum absolute atomic E-state index is 2.84. The molecule has 0 radical (unpaired) electrons. The fraction of sp³-hybridized carbons (Fsp3) is 1.00. The van der Waals surface area contributed by atoms with Crippen molar-refractivity contribution in [3.8, 4) is 0 Å². The molecule has 0 N–H and O–H groups in total. The summed E-state index contributed by atoms with van der Waals surface area (Å²) in [5, 5.41) is 0. The van der Waals surface area contributed by atoms with Crippen molar-refractivity contribution in [2.75, 3.05) is 20.6 Å². The summed E-state index contributed by atoms with van der Waals surface area (Å²) in [6.07, 6.45) is 0. The fourth-order valence-electron chi connectivity index (χ4n) is 19.0. The molecule has 10 rings (SSSR count). The Bertz CT molecular complexity index is 967. The van der Waals surface area contributed by atoms with E-state index in [0.29, 0.717) is 0 Å². The number of rotatable bonds is 2. The van der Waals surface area contributed by atoms with Crippen LogP contribution in [0.3, 0.4) is 0 Å². The molecule has 10 heterocycles. The van der Waals surface area contributed by atoms with Crippen molar-refractivity contribution in [2.45, 2.75) is 54.1 Å². The first-order valence-corrected chi connectivity index (χ1v) is 13.4. The monoisotopic (exact) mass is 257 g/mol. The van der Waals surface area contributed by atoms with Gasteiger partial charge in [-0.05, 0) is 0 Å². The number of hydrogen-bond donors (Lipinski definition) is 0. The predicted octanol–water partition coefficient (Wildman–Crippen LogP) is 3.70. The Balaban J connectivity index is 1.69. The average Bonchev–Trinajstić information content (AvgIpc) is 3.13. The first-order chi connectivity index (χ1) is 7.35. The Kier molecular flexibility index (Phi) is 0.169. The van der Waals surface area contributed by atoms with E-state index < -0.39 is 6.51 Å². The molecule has 0 aromatic rings. The second kappa shape index (κ2) is 0.444. The van der Waals surface area contributed by atoms with Gasteiger partial charge in [0.05, 0.1) is 0 Å². The van der Waals surface area contributed by atoms with Crippen LogP contribution in [0.4, 0.5) is 0 Å². The van der Waals surface area contributed by atoms with E-state index in [9.17, 15) is 0 Å². The van der Waals surface area contributed by atoms with E-state index in [-0.39, 0.29) is 0 Å². The van der Waals surface area contributed by atoms with Gasteiger partial charge in [-0.2, -0.15) is 0 Å². The van der Waals surface area contributed by atoms with Crippen LogP contribution in [0.5, 0.6) is 0 Å². The summed E-state index contributed by atoms with van der Waals surface area (Å²) in [7, 11) is 4.71. The van der Waals surface area contributed by atoms with Gasteiger partial charge in [-0.1, -0.05) is 0 Å². The third-order valence-electron chi connectivity index (χ3n) is 16.4. The molecule has 0 saturated carbocycles. The second-order valence-corrected chi connectivity index (χ2v) is 35.1. The Labute approximate surface area is 86.2 Å². The maximum atomic E-state index is 2.84. The quantitative estimate of drug-likeness (QED) is 0.682. The summed E-state index contributed by atoms with van der Waals surface area (Å²) in [6.45, 7) is 1.59. The molecule has 10 fully saturated rings. The van der Waals surface area contributed by atoms with Crippen molar-refractivity contribution in [3.63, 3.8) is 0 Å². The summed E-state index contributed by atoms with van der Waals surface area (Å²) in [6, 6.07) is 0. The van der Waals surface area contributed by atoms with E-state index >= 15 is 0 Å². The minimum absolute atomic E-state index is 1.10. The first kappa shape index (κ1) is 6.08. The van der Waals surface area contributed by atoms with Crippen LogP contribution in [0.25, 0.3) is 0 Å². The molecule has 1 spiro atoms. The molecule has 0 bridgehead atoms. The first-order valence-electron chi connectivity index (χ1n) is 7.21. The van der Waals surface area contributed by atoms with Gasteiger partial charge in [0, 0.05) is 0 Å². The molecule has 0 aliphatic carbocycles. The van der Waals surface area contributed by atoms with Crippen molar-refractivity contribution in [3.05, 3.63) is 0 Å². The van der Waals surface area contributed by atoms with Gasteiger partial charge in [0.25, 0.3) is 0 Å². The predicted molar refractivity (Wildman–Crippen MR) is 59.6 cm³/mol. The van der Waals surface area contributed by atoms with Gasteiger partial charge < -0.3 is 0 Å². The standard InChI is InChI=1S/C8H12N.C6H7.Fe/c1-9(2)7-8-5-3-4-6-8;1-6-4-2-3-5-6;/h3-6H,7H2,1-2H3;2-5H,1H3;. The number of fused-ring (bicyclic) bond motifs is 10. The van der Waals surface area contributed by atoms with E-state index in [1.807, 2.05) is 0 Å². The van der Waals surface area contributed by atoms with Crippen LogP contribution >= 0.6 is 0 Å². The fourth-order valence-corrected chi connectivity index (χ4v) is 97.1. The summed E-state index contributed by atoms with van der Waals surface area (Å²) < 4.78 is 2.22. The van der Waals surface area contributed by atoms with Crippen molar-refractivity contribution >= 4 is 0 Å². The molecular weight excluding hydrogens is 238 g/mol. The van der Waals surface area contributed by atoms with Crippen LogP contribution in [-0.4, -0.2) is 25.5 Å². The van der Waals surface area contributed by atoms with Gasteiger partial charge in [-0.3, -0.25) is 0 Å². The van der Waals surface area contributed by atoms with Gasteiger partial charge in [0.15, 0.2) is 0 Å². The van der Waals surface area contributed by atoms with E-state index in [0.717, 1.165) is 8.63 Å². The van der Waals surface area contributed by atoms with Crippen LogP contribution < -0.4 is 0 Å². The SMILES string of the molecule is CN(C)C[C]12[CH]3[CH]4[CH]5[CH]1[Fe]45321678[CH]2[CH]1[CH]6[C]7(C)[CH]28. The zero-order valence-corrected chi connectivity index (χ0v) is 11.2. The minimum atomic E-state index is -2.81. The molecule has 1 nitrogen and oxygen atoms in total. The molecule has 8 atom stereocenters. The van der Waals surface area contributed by atoms with Gasteiger partial charge >= 0.3 is 86.1 Å². The molecular formula is C14H19FeN. The zero-order valence-electron chi connectivity index (χ0n) is 10.1. The van der Waals surface area contributed by atoms with Crippen molar-refractivity contribution < 1.29 is 6.51 Å². The Morgan fingerprint density at radius 1 is 0.938 bits per heavy atom. The molecule has 88 valence electrons. The van der Waals surface area contributed by atoms with Crippen molar-refractivity contribution in [2.24, 2.45) is 0 Å². The molecule has 8 unspecified atom stereocenters. The van der Waals surface area contributed by atoms with E-state index in [4.69, 9.17) is 0 Å². The van der Waals surface area contributed by atoms with Crippen molar-refractivity contribution in [1.29, 1.82) is 0 Å². The van der Waals surface area contributed by atoms with E-state index in [1.165, 1.54) is 38.5 Å². The molecule has 16 heavy (non-hydrogen) atoms. The average molecular weight is 257 g/mol. The van der Waals surface area contributed by atoms with Crippen LogP contribution in [0, 0.1) is 0 Å².